The fraction of sp³-hybridized carbons (Fsp3) is 0.161. The minimum atomic E-state index is -1.18. The van der Waals surface area contributed by atoms with Crippen molar-refractivity contribution in [2.75, 3.05) is 10.6 Å². The van der Waals surface area contributed by atoms with Gasteiger partial charge in [0.15, 0.2) is 0 Å². The Morgan fingerprint density at radius 3 is 2.34 bits per heavy atom. The summed E-state index contributed by atoms with van der Waals surface area (Å²) >= 11 is 0. The van der Waals surface area contributed by atoms with Gasteiger partial charge in [-0.3, -0.25) is 0 Å². The quantitative estimate of drug-likeness (QED) is 0.212. The van der Waals surface area contributed by atoms with Crippen LogP contribution in [0.5, 0.6) is 5.75 Å². The molecule has 0 unspecified atom stereocenters. The van der Waals surface area contributed by atoms with Gasteiger partial charge in [0.25, 0.3) is 0 Å². The lowest BCUT2D eigenvalue weighted by molar-refractivity contribution is 0.0697. The molecular formula is C31H29FN2O4. The SMILES string of the molecule is CCC[C@@H](Oc1ccc(-c2cc(F)ccc2C(=O)O)cc1NC(=O)Nc1ccc(C)cc1)c1ccccc1. The fourth-order valence-electron chi connectivity index (χ4n) is 4.14. The van der Waals surface area contributed by atoms with Crippen molar-refractivity contribution >= 4 is 23.4 Å². The van der Waals surface area contributed by atoms with E-state index in [0.29, 0.717) is 22.7 Å². The van der Waals surface area contributed by atoms with Crippen molar-refractivity contribution in [3.8, 4) is 16.9 Å². The number of ether oxygens (including phenoxy) is 1. The maximum Gasteiger partial charge on any atom is 0.336 e. The van der Waals surface area contributed by atoms with Crippen LogP contribution in [0.15, 0.2) is 91.0 Å². The van der Waals surface area contributed by atoms with Crippen LogP contribution in [0.3, 0.4) is 0 Å². The van der Waals surface area contributed by atoms with Crippen LogP contribution in [0.25, 0.3) is 11.1 Å². The molecule has 4 rings (SSSR count). The van der Waals surface area contributed by atoms with Crippen LogP contribution in [-0.4, -0.2) is 17.1 Å². The van der Waals surface area contributed by atoms with Gasteiger partial charge in [0.05, 0.1) is 11.3 Å². The molecular weight excluding hydrogens is 483 g/mol. The zero-order valence-electron chi connectivity index (χ0n) is 21.2. The van der Waals surface area contributed by atoms with Crippen LogP contribution in [-0.2, 0) is 0 Å². The number of amides is 2. The Morgan fingerprint density at radius 1 is 0.921 bits per heavy atom. The van der Waals surface area contributed by atoms with E-state index in [2.05, 4.69) is 17.6 Å². The van der Waals surface area contributed by atoms with Crippen molar-refractivity contribution < 1.29 is 23.8 Å². The number of hydrogen-bond acceptors (Lipinski definition) is 3. The van der Waals surface area contributed by atoms with Crippen LogP contribution in [0.1, 0.15) is 47.4 Å². The molecule has 0 aliphatic carbocycles. The van der Waals surface area contributed by atoms with E-state index in [9.17, 15) is 19.1 Å². The Balaban J connectivity index is 1.72. The number of halogens is 1. The van der Waals surface area contributed by atoms with Crippen molar-refractivity contribution in [2.24, 2.45) is 0 Å². The van der Waals surface area contributed by atoms with E-state index in [0.717, 1.165) is 30.0 Å². The van der Waals surface area contributed by atoms with Gasteiger partial charge >= 0.3 is 12.0 Å². The van der Waals surface area contributed by atoms with Crippen LogP contribution in [0.2, 0.25) is 0 Å². The van der Waals surface area contributed by atoms with Crippen molar-refractivity contribution in [2.45, 2.75) is 32.8 Å². The number of nitrogens with one attached hydrogen (secondary N) is 2. The molecule has 3 N–H and O–H groups in total. The third-order valence-corrected chi connectivity index (χ3v) is 6.05. The van der Waals surface area contributed by atoms with Gasteiger partial charge in [0, 0.05) is 5.69 Å². The Hall–Kier alpha value is -4.65. The average Bonchev–Trinajstić information content (AvgIpc) is 2.91. The number of rotatable bonds is 9. The predicted octanol–water partition coefficient (Wildman–Crippen LogP) is 8.06. The molecule has 1 atom stereocenters. The maximum atomic E-state index is 14.1. The normalized spacial score (nSPS) is 11.4. The highest BCUT2D eigenvalue weighted by molar-refractivity contribution is 6.02. The van der Waals surface area contributed by atoms with Gasteiger partial charge in [-0.25, -0.2) is 14.0 Å². The van der Waals surface area contributed by atoms with Crippen LogP contribution >= 0.6 is 0 Å². The van der Waals surface area contributed by atoms with Gasteiger partial charge < -0.3 is 20.5 Å². The summed E-state index contributed by atoms with van der Waals surface area (Å²) in [4.78, 5) is 24.8. The molecule has 0 fully saturated rings. The van der Waals surface area contributed by atoms with E-state index in [1.807, 2.05) is 49.4 Å². The van der Waals surface area contributed by atoms with Crippen LogP contribution in [0.4, 0.5) is 20.6 Å². The second kappa shape index (κ2) is 12.1. The number of benzene rings is 4. The van der Waals surface area contributed by atoms with Gasteiger partial charge in [-0.1, -0.05) is 67.4 Å². The molecule has 0 aliphatic heterocycles. The minimum Gasteiger partial charge on any atom is -0.484 e. The van der Waals surface area contributed by atoms with E-state index < -0.39 is 17.8 Å². The van der Waals surface area contributed by atoms with Gasteiger partial charge in [0.2, 0.25) is 0 Å². The second-order valence-electron chi connectivity index (χ2n) is 8.96. The lowest BCUT2D eigenvalue weighted by Crippen LogP contribution is -2.20. The molecule has 0 aromatic heterocycles. The lowest BCUT2D eigenvalue weighted by atomic mass is 9.98. The average molecular weight is 513 g/mol. The smallest absolute Gasteiger partial charge is 0.336 e. The molecule has 194 valence electrons. The van der Waals surface area contributed by atoms with E-state index in [4.69, 9.17) is 4.74 Å². The molecule has 0 bridgehead atoms. The molecule has 2 amide bonds. The summed E-state index contributed by atoms with van der Waals surface area (Å²) in [6.07, 6.45) is 1.35. The molecule has 38 heavy (non-hydrogen) atoms. The van der Waals surface area contributed by atoms with Crippen molar-refractivity contribution in [3.05, 3.63) is 114 Å². The first-order valence-electron chi connectivity index (χ1n) is 12.4. The maximum absolute atomic E-state index is 14.1. The van der Waals surface area contributed by atoms with E-state index >= 15 is 0 Å². The first-order chi connectivity index (χ1) is 18.3. The fourth-order valence-corrected chi connectivity index (χ4v) is 4.14. The lowest BCUT2D eigenvalue weighted by Gasteiger charge is -2.22. The number of carbonyl (C=O) groups excluding carboxylic acids is 1. The summed E-state index contributed by atoms with van der Waals surface area (Å²) in [5.74, 6) is -1.34. The zero-order chi connectivity index (χ0) is 27.1. The second-order valence-corrected chi connectivity index (χ2v) is 8.96. The standard InChI is InChI=1S/C31H29FN2O4/c1-3-7-28(21-8-5-4-6-9-21)38-29-17-12-22(26-19-23(32)13-16-25(26)30(35)36)18-27(29)34-31(37)33-24-14-10-20(2)11-15-24/h4-6,8-19,28H,3,7H2,1-2H3,(H,35,36)(H2,33,34,37)/t28-/m1/s1. The molecule has 4 aromatic carbocycles. The summed E-state index contributed by atoms with van der Waals surface area (Å²) in [5.41, 5.74) is 3.55. The van der Waals surface area contributed by atoms with Gasteiger partial charge in [0.1, 0.15) is 17.7 Å². The minimum absolute atomic E-state index is 0.0525. The molecule has 4 aromatic rings. The molecule has 7 heteroatoms. The molecule has 0 aliphatic rings. The Bertz CT molecular complexity index is 1420. The number of hydrogen-bond donors (Lipinski definition) is 3. The first kappa shape index (κ1) is 26.4. The van der Waals surface area contributed by atoms with Gasteiger partial charge in [-0.05, 0) is 72.5 Å². The first-order valence-corrected chi connectivity index (χ1v) is 12.4. The van der Waals surface area contributed by atoms with Crippen molar-refractivity contribution in [3.63, 3.8) is 0 Å². The van der Waals surface area contributed by atoms with Gasteiger partial charge in [-0.2, -0.15) is 0 Å². The van der Waals surface area contributed by atoms with E-state index in [1.165, 1.54) is 12.1 Å². The highest BCUT2D eigenvalue weighted by atomic mass is 19.1. The summed E-state index contributed by atoms with van der Waals surface area (Å²) in [5, 5.41) is 15.3. The number of carbonyl (C=O) groups is 2. The third kappa shape index (κ3) is 6.56. The Morgan fingerprint density at radius 2 is 1.66 bits per heavy atom. The van der Waals surface area contributed by atoms with Crippen molar-refractivity contribution in [1.82, 2.24) is 0 Å². The van der Waals surface area contributed by atoms with Gasteiger partial charge in [-0.15, -0.1) is 0 Å². The van der Waals surface area contributed by atoms with E-state index in [-0.39, 0.29) is 17.2 Å². The van der Waals surface area contributed by atoms with Crippen LogP contribution < -0.4 is 15.4 Å². The summed E-state index contributed by atoms with van der Waals surface area (Å²) in [7, 11) is 0. The molecule has 0 radical (unpaired) electrons. The number of aryl methyl sites for hydroxylation is 1. The molecule has 0 saturated heterocycles. The number of aromatic carboxylic acids is 1. The topological polar surface area (TPSA) is 87.7 Å². The highest BCUT2D eigenvalue weighted by Gasteiger charge is 2.19. The summed E-state index contributed by atoms with van der Waals surface area (Å²) in [6.45, 7) is 4.02. The number of anilines is 2. The van der Waals surface area contributed by atoms with Crippen molar-refractivity contribution in [1.29, 1.82) is 0 Å². The summed E-state index contributed by atoms with van der Waals surface area (Å²) in [6, 6.07) is 25.1. The van der Waals surface area contributed by atoms with Crippen LogP contribution in [0, 0.1) is 12.7 Å². The third-order valence-electron chi connectivity index (χ3n) is 6.05. The Labute approximate surface area is 221 Å². The number of urea groups is 1. The monoisotopic (exact) mass is 512 g/mol. The molecule has 6 nitrogen and oxygen atoms in total. The van der Waals surface area contributed by atoms with E-state index in [1.54, 1.807) is 30.3 Å². The Kier molecular flexibility index (Phi) is 8.38. The molecule has 0 spiro atoms. The summed E-state index contributed by atoms with van der Waals surface area (Å²) < 4.78 is 20.5. The number of carboxylic acid groups (broad SMARTS) is 1. The largest absolute Gasteiger partial charge is 0.484 e. The molecule has 0 heterocycles. The molecule has 0 saturated carbocycles. The zero-order valence-corrected chi connectivity index (χ0v) is 21.2. The predicted molar refractivity (Wildman–Crippen MR) is 147 cm³/mol. The number of carboxylic acids is 1. The highest BCUT2D eigenvalue weighted by Crippen LogP contribution is 2.36.